The van der Waals surface area contributed by atoms with Gasteiger partial charge in [0, 0.05) is 15.6 Å². The highest BCUT2D eigenvalue weighted by molar-refractivity contribution is 6.35. The van der Waals surface area contributed by atoms with Crippen LogP contribution in [0.2, 0.25) is 10.0 Å². The van der Waals surface area contributed by atoms with Crippen LogP contribution < -0.4 is 4.74 Å². The van der Waals surface area contributed by atoms with Gasteiger partial charge in [-0.25, -0.2) is 0 Å². The largest absolute Gasteiger partial charge is 0.489 e. The zero-order valence-electron chi connectivity index (χ0n) is 13.0. The molecule has 2 rings (SSSR count). The minimum Gasteiger partial charge on any atom is -0.489 e. The van der Waals surface area contributed by atoms with Crippen molar-refractivity contribution in [3.8, 4) is 5.75 Å². The summed E-state index contributed by atoms with van der Waals surface area (Å²) in [4.78, 5) is 2.20. The third-order valence-electron chi connectivity index (χ3n) is 3.44. The molecule has 0 heterocycles. The van der Waals surface area contributed by atoms with Gasteiger partial charge in [-0.2, -0.15) is 0 Å². The van der Waals surface area contributed by atoms with Crippen molar-refractivity contribution in [1.82, 2.24) is 4.90 Å². The number of aryl methyl sites for hydroxylation is 1. The third-order valence-corrected chi connectivity index (χ3v) is 4.15. The standard InChI is InChI=1S/C18H21Cl2NO/c1-21(2)12-4-5-14-8-10-15(11-9-14)22-13-16-17(19)6-3-7-18(16)20/h3,6-11H,4-5,12-13H2,1-2H3. The smallest absolute Gasteiger partial charge is 0.119 e. The van der Waals surface area contributed by atoms with E-state index < -0.39 is 0 Å². The molecule has 0 aliphatic heterocycles. The minimum absolute atomic E-state index is 0.373. The first kappa shape index (κ1) is 17.1. The maximum Gasteiger partial charge on any atom is 0.119 e. The van der Waals surface area contributed by atoms with Crippen LogP contribution in [0.4, 0.5) is 0 Å². The summed E-state index contributed by atoms with van der Waals surface area (Å²) in [5.74, 6) is 0.826. The third kappa shape index (κ3) is 5.20. The van der Waals surface area contributed by atoms with Gasteiger partial charge in [0.15, 0.2) is 0 Å². The lowest BCUT2D eigenvalue weighted by Crippen LogP contribution is -2.13. The highest BCUT2D eigenvalue weighted by atomic mass is 35.5. The molecule has 0 amide bonds. The first-order valence-electron chi connectivity index (χ1n) is 7.35. The van der Waals surface area contributed by atoms with Gasteiger partial charge in [-0.05, 0) is 63.3 Å². The zero-order valence-corrected chi connectivity index (χ0v) is 14.5. The van der Waals surface area contributed by atoms with Crippen molar-refractivity contribution in [2.45, 2.75) is 19.4 Å². The van der Waals surface area contributed by atoms with E-state index in [1.165, 1.54) is 5.56 Å². The lowest BCUT2D eigenvalue weighted by Gasteiger charge is -2.11. The molecule has 0 saturated heterocycles. The van der Waals surface area contributed by atoms with Crippen LogP contribution >= 0.6 is 23.2 Å². The van der Waals surface area contributed by atoms with Crippen LogP contribution in [0.5, 0.6) is 5.75 Å². The molecule has 0 N–H and O–H groups in total. The Labute approximate surface area is 142 Å². The topological polar surface area (TPSA) is 12.5 Å². The van der Waals surface area contributed by atoms with Crippen molar-refractivity contribution < 1.29 is 4.74 Å². The van der Waals surface area contributed by atoms with Crippen LogP contribution in [0.25, 0.3) is 0 Å². The van der Waals surface area contributed by atoms with E-state index in [-0.39, 0.29) is 0 Å². The van der Waals surface area contributed by atoms with E-state index in [0.717, 1.165) is 30.7 Å². The summed E-state index contributed by atoms with van der Waals surface area (Å²) in [7, 11) is 4.19. The molecule has 0 spiro atoms. The summed E-state index contributed by atoms with van der Waals surface area (Å²) >= 11 is 12.3. The molecule has 4 heteroatoms. The second-order valence-corrected chi connectivity index (χ2v) is 6.35. The zero-order chi connectivity index (χ0) is 15.9. The molecule has 0 radical (unpaired) electrons. The molecular weight excluding hydrogens is 317 g/mol. The number of nitrogens with zero attached hydrogens (tertiary/aromatic N) is 1. The van der Waals surface area contributed by atoms with Crippen LogP contribution in [-0.4, -0.2) is 25.5 Å². The van der Waals surface area contributed by atoms with E-state index in [9.17, 15) is 0 Å². The summed E-state index contributed by atoms with van der Waals surface area (Å²) in [6.07, 6.45) is 2.23. The summed E-state index contributed by atoms with van der Waals surface area (Å²) in [6.45, 7) is 1.47. The van der Waals surface area contributed by atoms with Gasteiger partial charge >= 0.3 is 0 Å². The van der Waals surface area contributed by atoms with Crippen molar-refractivity contribution in [1.29, 1.82) is 0 Å². The molecule has 2 aromatic carbocycles. The Morgan fingerprint density at radius 2 is 1.59 bits per heavy atom. The Kier molecular flexibility index (Phi) is 6.56. The van der Waals surface area contributed by atoms with Crippen LogP contribution in [0.3, 0.4) is 0 Å². The number of hydrogen-bond acceptors (Lipinski definition) is 2. The SMILES string of the molecule is CN(C)CCCc1ccc(OCc2c(Cl)cccc2Cl)cc1. The molecule has 118 valence electrons. The monoisotopic (exact) mass is 337 g/mol. The molecule has 2 aromatic rings. The highest BCUT2D eigenvalue weighted by Crippen LogP contribution is 2.26. The molecule has 0 aliphatic rings. The second-order valence-electron chi connectivity index (χ2n) is 5.54. The summed E-state index contributed by atoms with van der Waals surface area (Å²) in [6, 6.07) is 13.7. The number of ether oxygens (including phenoxy) is 1. The predicted molar refractivity (Wildman–Crippen MR) is 94.1 cm³/mol. The van der Waals surface area contributed by atoms with Gasteiger partial charge in [0.05, 0.1) is 0 Å². The van der Waals surface area contributed by atoms with E-state index >= 15 is 0 Å². The number of hydrogen-bond donors (Lipinski definition) is 0. The van der Waals surface area contributed by atoms with Crippen LogP contribution in [0, 0.1) is 0 Å². The number of rotatable bonds is 7. The number of halogens is 2. The van der Waals surface area contributed by atoms with E-state index in [1.807, 2.05) is 30.3 Å². The summed E-state index contributed by atoms with van der Waals surface area (Å²) in [5, 5.41) is 1.26. The average Bonchev–Trinajstić information content (AvgIpc) is 2.48. The van der Waals surface area contributed by atoms with Crippen molar-refractivity contribution in [3.63, 3.8) is 0 Å². The Bertz CT molecular complexity index is 576. The molecule has 0 atom stereocenters. The van der Waals surface area contributed by atoms with Crippen LogP contribution in [-0.2, 0) is 13.0 Å². The maximum atomic E-state index is 6.14. The molecule has 0 fully saturated rings. The maximum absolute atomic E-state index is 6.14. The molecule has 22 heavy (non-hydrogen) atoms. The number of benzene rings is 2. The Hall–Kier alpha value is -1.22. The Morgan fingerprint density at radius 3 is 2.18 bits per heavy atom. The fourth-order valence-electron chi connectivity index (χ4n) is 2.18. The minimum atomic E-state index is 0.373. The molecule has 0 saturated carbocycles. The first-order chi connectivity index (χ1) is 10.6. The lowest BCUT2D eigenvalue weighted by molar-refractivity contribution is 0.306. The van der Waals surface area contributed by atoms with Gasteiger partial charge in [-0.1, -0.05) is 41.4 Å². The van der Waals surface area contributed by atoms with Crippen LogP contribution in [0.15, 0.2) is 42.5 Å². The molecule has 2 nitrogen and oxygen atoms in total. The van der Waals surface area contributed by atoms with Gasteiger partial charge in [-0.15, -0.1) is 0 Å². The van der Waals surface area contributed by atoms with Crippen molar-refractivity contribution in [2.75, 3.05) is 20.6 Å². The normalized spacial score (nSPS) is 11.0. The highest BCUT2D eigenvalue weighted by Gasteiger charge is 2.06. The van der Waals surface area contributed by atoms with E-state index in [1.54, 1.807) is 0 Å². The van der Waals surface area contributed by atoms with Gasteiger partial charge in [0.1, 0.15) is 12.4 Å². The van der Waals surface area contributed by atoms with Crippen molar-refractivity contribution in [3.05, 3.63) is 63.6 Å². The van der Waals surface area contributed by atoms with E-state index in [2.05, 4.69) is 31.1 Å². The predicted octanol–water partition coefficient (Wildman–Crippen LogP) is 5.07. The Morgan fingerprint density at radius 1 is 0.955 bits per heavy atom. The molecule has 0 bridgehead atoms. The van der Waals surface area contributed by atoms with E-state index in [0.29, 0.717) is 16.7 Å². The quantitative estimate of drug-likeness (QED) is 0.699. The van der Waals surface area contributed by atoms with E-state index in [4.69, 9.17) is 27.9 Å². The van der Waals surface area contributed by atoms with Gasteiger partial charge in [0.25, 0.3) is 0 Å². The van der Waals surface area contributed by atoms with Crippen molar-refractivity contribution in [2.24, 2.45) is 0 Å². The summed E-state index contributed by atoms with van der Waals surface area (Å²) < 4.78 is 5.77. The first-order valence-corrected chi connectivity index (χ1v) is 8.11. The average molecular weight is 338 g/mol. The van der Waals surface area contributed by atoms with Crippen molar-refractivity contribution >= 4 is 23.2 Å². The lowest BCUT2D eigenvalue weighted by atomic mass is 10.1. The van der Waals surface area contributed by atoms with Gasteiger partial charge in [0.2, 0.25) is 0 Å². The van der Waals surface area contributed by atoms with Crippen LogP contribution in [0.1, 0.15) is 17.5 Å². The molecule has 0 unspecified atom stereocenters. The van der Waals surface area contributed by atoms with Gasteiger partial charge < -0.3 is 9.64 Å². The Balaban J connectivity index is 1.89. The second kappa shape index (κ2) is 8.42. The van der Waals surface area contributed by atoms with Gasteiger partial charge in [-0.3, -0.25) is 0 Å². The fraction of sp³-hybridized carbons (Fsp3) is 0.333. The molecular formula is C18H21Cl2NO. The molecule has 0 aliphatic carbocycles. The molecule has 0 aromatic heterocycles. The fourth-order valence-corrected chi connectivity index (χ4v) is 2.68. The summed E-state index contributed by atoms with van der Waals surface area (Å²) in [5.41, 5.74) is 2.14.